The van der Waals surface area contributed by atoms with E-state index in [1.165, 1.54) is 0 Å². The highest BCUT2D eigenvalue weighted by atomic mass is 35.5. The minimum Gasteiger partial charge on any atom is -0.451 e. The maximum absolute atomic E-state index is 14.4. The van der Waals surface area contributed by atoms with Gasteiger partial charge in [-0.25, -0.2) is 4.79 Å². The van der Waals surface area contributed by atoms with E-state index in [4.69, 9.17) is 16.3 Å². The van der Waals surface area contributed by atoms with Gasteiger partial charge in [0.15, 0.2) is 17.5 Å². The van der Waals surface area contributed by atoms with Crippen molar-refractivity contribution in [2.24, 2.45) is 34.5 Å². The number of ketones is 1. The maximum atomic E-state index is 14.4. The van der Waals surface area contributed by atoms with Gasteiger partial charge in [-0.1, -0.05) is 50.6 Å². The molecular formula is C28H34ClNO6. The van der Waals surface area contributed by atoms with Gasteiger partial charge in [-0.05, 0) is 59.8 Å². The quantitative estimate of drug-likeness (QED) is 0.359. The van der Waals surface area contributed by atoms with E-state index < -0.39 is 41.7 Å². The predicted molar refractivity (Wildman–Crippen MR) is 136 cm³/mol. The lowest BCUT2D eigenvalue weighted by atomic mass is 9.59. The number of anilines is 1. The highest BCUT2D eigenvalue weighted by molar-refractivity contribution is 6.34. The first kappa shape index (κ1) is 25.5. The van der Waals surface area contributed by atoms with Gasteiger partial charge in [0, 0.05) is 18.7 Å². The molecule has 194 valence electrons. The molecule has 8 atom stereocenters. The molecule has 0 amide bonds. The summed E-state index contributed by atoms with van der Waals surface area (Å²) >= 11 is 6.33. The average molecular weight is 516 g/mol. The third-order valence-electron chi connectivity index (χ3n) is 9.61. The van der Waals surface area contributed by atoms with Gasteiger partial charge < -0.3 is 25.4 Å². The van der Waals surface area contributed by atoms with Gasteiger partial charge in [-0.3, -0.25) is 4.79 Å². The second-order valence-electron chi connectivity index (χ2n) is 11.6. The Labute approximate surface area is 216 Å². The van der Waals surface area contributed by atoms with Crippen molar-refractivity contribution < 1.29 is 29.6 Å². The van der Waals surface area contributed by atoms with Gasteiger partial charge in [-0.15, -0.1) is 0 Å². The minimum atomic E-state index is -2.19. The molecule has 36 heavy (non-hydrogen) atoms. The largest absolute Gasteiger partial charge is 0.451 e. The summed E-state index contributed by atoms with van der Waals surface area (Å²) in [5.74, 6) is -1.54. The van der Waals surface area contributed by atoms with Crippen LogP contribution in [0.1, 0.15) is 44.5 Å². The highest BCUT2D eigenvalue weighted by Gasteiger charge is 2.76. The molecule has 0 heterocycles. The van der Waals surface area contributed by atoms with Crippen LogP contribution in [-0.4, -0.2) is 58.5 Å². The number of hydrogen-bond acceptors (Lipinski definition) is 7. The molecule has 2 bridgehead atoms. The second kappa shape index (κ2) is 8.15. The van der Waals surface area contributed by atoms with Gasteiger partial charge in [0.2, 0.25) is 0 Å². The molecule has 2 saturated carbocycles. The smallest absolute Gasteiger partial charge is 0.342 e. The van der Waals surface area contributed by atoms with Gasteiger partial charge >= 0.3 is 5.97 Å². The van der Waals surface area contributed by atoms with E-state index in [9.17, 15) is 24.9 Å². The number of rotatable bonds is 4. The molecule has 1 aromatic rings. The Bertz CT molecular complexity index is 1210. The number of esters is 1. The molecule has 8 heteroatoms. The fourth-order valence-electron chi connectivity index (χ4n) is 7.70. The Morgan fingerprint density at radius 1 is 1.31 bits per heavy atom. The van der Waals surface area contributed by atoms with E-state index in [1.807, 2.05) is 6.92 Å². The molecule has 0 radical (unpaired) electrons. The zero-order valence-corrected chi connectivity index (χ0v) is 22.0. The molecule has 4 aliphatic carbocycles. The van der Waals surface area contributed by atoms with Crippen LogP contribution in [0.3, 0.4) is 0 Å². The number of carbonyl (C=O) groups is 2. The van der Waals surface area contributed by atoms with Gasteiger partial charge in [0.25, 0.3) is 0 Å². The molecular weight excluding hydrogens is 482 g/mol. The Morgan fingerprint density at radius 3 is 2.64 bits per heavy atom. The van der Waals surface area contributed by atoms with Crippen molar-refractivity contribution >= 4 is 29.0 Å². The molecule has 0 aromatic heterocycles. The van der Waals surface area contributed by atoms with E-state index in [0.29, 0.717) is 17.7 Å². The van der Waals surface area contributed by atoms with Crippen molar-refractivity contribution in [3.63, 3.8) is 0 Å². The summed E-state index contributed by atoms with van der Waals surface area (Å²) in [4.78, 5) is 27.8. The van der Waals surface area contributed by atoms with Gasteiger partial charge in [0.05, 0.1) is 17.0 Å². The molecule has 0 unspecified atom stereocenters. The van der Waals surface area contributed by atoms with E-state index >= 15 is 0 Å². The second-order valence-corrected chi connectivity index (χ2v) is 12.0. The maximum Gasteiger partial charge on any atom is 0.342 e. The molecule has 1 spiro atoms. The van der Waals surface area contributed by atoms with Crippen LogP contribution in [0.2, 0.25) is 5.02 Å². The third-order valence-corrected chi connectivity index (χ3v) is 9.92. The monoisotopic (exact) mass is 515 g/mol. The number of halogens is 1. The zero-order chi connectivity index (χ0) is 26.4. The van der Waals surface area contributed by atoms with Crippen molar-refractivity contribution in [1.29, 1.82) is 0 Å². The van der Waals surface area contributed by atoms with Crippen LogP contribution < -0.4 is 5.32 Å². The summed E-state index contributed by atoms with van der Waals surface area (Å²) in [5.41, 5.74) is -2.52. The SMILES string of the molecule is CNc1cccc(Cl)c1C(=O)O[C@H]1C(C)=C[C@]23C(=O)[C@@H](C=C(CO)[C@@H](O)[C@]12O)[C@@H]1[C@@H](C[C@H]3C)C1(C)C. The molecule has 5 rings (SSSR count). The predicted octanol–water partition coefficient (Wildman–Crippen LogP) is 3.38. The fraction of sp³-hybridized carbons (Fsp3) is 0.571. The number of aliphatic hydroxyl groups excluding tert-OH is 2. The Morgan fingerprint density at radius 2 is 2.00 bits per heavy atom. The molecule has 0 saturated heterocycles. The summed E-state index contributed by atoms with van der Waals surface area (Å²) in [7, 11) is 1.65. The number of nitrogens with one attached hydrogen (secondary N) is 1. The van der Waals surface area contributed by atoms with E-state index in [-0.39, 0.29) is 45.1 Å². The van der Waals surface area contributed by atoms with Crippen LogP contribution >= 0.6 is 11.6 Å². The normalized spacial score (nSPS) is 40.2. The lowest BCUT2D eigenvalue weighted by Gasteiger charge is -2.48. The first-order valence-electron chi connectivity index (χ1n) is 12.5. The number of fused-ring (bicyclic) bond motifs is 3. The summed E-state index contributed by atoms with van der Waals surface area (Å²) in [6.07, 6.45) is 1.13. The van der Waals surface area contributed by atoms with E-state index in [2.05, 4.69) is 19.2 Å². The number of carbonyl (C=O) groups excluding carboxylic acids is 2. The van der Waals surface area contributed by atoms with Crippen LogP contribution in [-0.2, 0) is 9.53 Å². The van der Waals surface area contributed by atoms with Crippen LogP contribution in [0.5, 0.6) is 0 Å². The number of benzene rings is 1. The molecule has 1 aromatic carbocycles. The van der Waals surface area contributed by atoms with Gasteiger partial charge in [0.1, 0.15) is 11.7 Å². The molecule has 0 aliphatic heterocycles. The summed E-state index contributed by atoms with van der Waals surface area (Å²) in [6.45, 7) is 7.38. The summed E-state index contributed by atoms with van der Waals surface area (Å²) in [6, 6.07) is 4.94. The number of ether oxygens (including phenoxy) is 1. The average Bonchev–Trinajstić information content (AvgIpc) is 3.32. The van der Waals surface area contributed by atoms with E-state index in [0.717, 1.165) is 0 Å². The molecule has 4 N–H and O–H groups in total. The van der Waals surface area contributed by atoms with Crippen molar-refractivity contribution in [3.05, 3.63) is 52.1 Å². The molecule has 4 aliphatic rings. The Hall–Kier alpha value is -2.19. The molecule has 7 nitrogen and oxygen atoms in total. The van der Waals surface area contributed by atoms with Crippen LogP contribution in [0.25, 0.3) is 0 Å². The summed E-state index contributed by atoms with van der Waals surface area (Å²) in [5, 5.41) is 37.4. The van der Waals surface area contributed by atoms with Crippen molar-refractivity contribution in [2.45, 2.75) is 51.9 Å². The zero-order valence-electron chi connectivity index (χ0n) is 21.2. The van der Waals surface area contributed by atoms with Gasteiger partial charge in [-0.2, -0.15) is 0 Å². The number of allylic oxidation sites excluding steroid dienone is 1. The third kappa shape index (κ3) is 3.03. The Kier molecular flexibility index (Phi) is 5.77. The van der Waals surface area contributed by atoms with Crippen molar-refractivity contribution in [1.82, 2.24) is 0 Å². The lowest BCUT2D eigenvalue weighted by molar-refractivity contribution is -0.190. The van der Waals surface area contributed by atoms with Crippen LogP contribution in [0, 0.1) is 34.5 Å². The number of Topliss-reactive ketones (excluding diaryl/α,β-unsaturated/α-hetero) is 1. The first-order chi connectivity index (χ1) is 16.9. The van der Waals surface area contributed by atoms with E-state index in [1.54, 1.807) is 44.3 Å². The number of aliphatic hydroxyl groups is 3. The van der Waals surface area contributed by atoms with Crippen molar-refractivity contribution in [3.8, 4) is 0 Å². The van der Waals surface area contributed by atoms with Crippen LogP contribution in [0.15, 0.2) is 41.5 Å². The number of hydrogen-bond donors (Lipinski definition) is 4. The summed E-state index contributed by atoms with van der Waals surface area (Å²) < 4.78 is 5.92. The Balaban J connectivity index is 1.64. The highest BCUT2D eigenvalue weighted by Crippen LogP contribution is 2.71. The molecule has 2 fully saturated rings. The fourth-order valence-corrected chi connectivity index (χ4v) is 7.95. The first-order valence-corrected chi connectivity index (χ1v) is 12.9. The van der Waals surface area contributed by atoms with Crippen molar-refractivity contribution in [2.75, 3.05) is 19.0 Å². The lowest BCUT2D eigenvalue weighted by Crippen LogP contribution is -2.65. The minimum absolute atomic E-state index is 0.0551. The standard InChI is InChI=1S/C28H34ClNO6/c1-13-11-27-14(2)9-17-21(26(17,3)4)16(23(27)33)10-15(12-31)22(32)28(27,35)24(13)36-25(34)20-18(29)7-6-8-19(20)30-5/h6-8,10-11,14,16-17,21-22,24,30-32,35H,9,12H2,1-5H3/t14-,16+,17-,21-,22-,24+,27+,28+/m1/s1. The van der Waals surface area contributed by atoms with Crippen LogP contribution in [0.4, 0.5) is 5.69 Å². The topological polar surface area (TPSA) is 116 Å².